The number of nitrogens with one attached hydrogen (secondary N) is 1. The van der Waals surface area contributed by atoms with E-state index >= 15 is 0 Å². The highest BCUT2D eigenvalue weighted by Gasteiger charge is 2.43. The second kappa shape index (κ2) is 7.31. The van der Waals surface area contributed by atoms with Gasteiger partial charge in [0.2, 0.25) is 5.92 Å². The van der Waals surface area contributed by atoms with E-state index in [1.165, 1.54) is 0 Å². The number of aromatic nitrogens is 1. The van der Waals surface area contributed by atoms with Gasteiger partial charge in [-0.1, -0.05) is 17.7 Å². The van der Waals surface area contributed by atoms with Crippen molar-refractivity contribution < 1.29 is 13.2 Å². The Balaban J connectivity index is 1.73. The maximum atomic E-state index is 14.0. The van der Waals surface area contributed by atoms with Crippen LogP contribution in [0.3, 0.4) is 0 Å². The van der Waals surface area contributed by atoms with Crippen LogP contribution in [0.4, 0.5) is 14.5 Å². The predicted molar refractivity (Wildman–Crippen MR) is 108 cm³/mol. The number of rotatable bonds is 4. The van der Waals surface area contributed by atoms with Crippen molar-refractivity contribution in [3.8, 4) is 0 Å². The first-order valence-corrected chi connectivity index (χ1v) is 10.6. The van der Waals surface area contributed by atoms with Gasteiger partial charge in [-0.05, 0) is 33.8 Å². The molecule has 0 saturated heterocycles. The van der Waals surface area contributed by atoms with Gasteiger partial charge >= 0.3 is 0 Å². The van der Waals surface area contributed by atoms with Crippen LogP contribution in [-0.2, 0) is 6.54 Å². The highest BCUT2D eigenvalue weighted by molar-refractivity contribution is 9.10. The normalized spacial score (nSPS) is 22.3. The first-order valence-electron chi connectivity index (χ1n) is 8.52. The van der Waals surface area contributed by atoms with Gasteiger partial charge in [0.1, 0.15) is 16.4 Å². The minimum atomic E-state index is -2.75. The van der Waals surface area contributed by atoms with Crippen molar-refractivity contribution >= 4 is 55.7 Å². The molecule has 1 aliphatic rings. The molecule has 9 heteroatoms. The minimum absolute atomic E-state index is 0.194. The zero-order valence-corrected chi connectivity index (χ0v) is 17.3. The van der Waals surface area contributed by atoms with E-state index in [1.807, 2.05) is 17.5 Å². The van der Waals surface area contributed by atoms with Crippen LogP contribution >= 0.6 is 38.9 Å². The number of pyridine rings is 1. The average Bonchev–Trinajstić information content (AvgIpc) is 3.24. The molecular weight excluding hydrogens is 460 g/mol. The molecule has 3 N–H and O–H groups in total. The van der Waals surface area contributed by atoms with Crippen LogP contribution in [0, 0.1) is 0 Å². The monoisotopic (exact) mass is 475 g/mol. The number of anilines is 1. The molecule has 0 bridgehead atoms. The van der Waals surface area contributed by atoms with Crippen molar-refractivity contribution in [1.82, 2.24) is 4.98 Å². The Kier molecular flexibility index (Phi) is 5.18. The Labute approximate surface area is 172 Å². The first-order chi connectivity index (χ1) is 12.8. The molecule has 27 heavy (non-hydrogen) atoms. The summed E-state index contributed by atoms with van der Waals surface area (Å²) < 4.78 is 34.5. The predicted octanol–water partition coefficient (Wildman–Crippen LogP) is 6.15. The number of hydrogen-bond acceptors (Lipinski definition) is 5. The molecule has 3 aromatic rings. The number of alkyl halides is 2. The number of fused-ring (bicyclic) bond motifs is 1. The molecule has 0 aromatic carbocycles. The van der Waals surface area contributed by atoms with Gasteiger partial charge in [0.15, 0.2) is 5.58 Å². The molecule has 0 radical (unpaired) electrons. The van der Waals surface area contributed by atoms with E-state index in [-0.39, 0.29) is 25.3 Å². The molecule has 0 amide bonds. The lowest BCUT2D eigenvalue weighted by atomic mass is 9.81. The van der Waals surface area contributed by atoms with E-state index in [1.54, 1.807) is 17.4 Å². The van der Waals surface area contributed by atoms with Crippen LogP contribution in [0.1, 0.15) is 35.8 Å². The summed E-state index contributed by atoms with van der Waals surface area (Å²) in [5.74, 6) is -2.92. The standard InChI is InChI=1S/C18H17BrClF2N3OS/c19-14-15-17(26-16(14)10-7-18(21,22)4-3-11(10)23)12(6-13(20)25-15)24-8-9-2-1-5-27-9/h1-2,5-6,10-11H,3-4,7-8,23H2,(H,24,25)/t10-,11-/m0/s1. The van der Waals surface area contributed by atoms with Crippen LogP contribution in [0.25, 0.3) is 11.1 Å². The van der Waals surface area contributed by atoms with Crippen molar-refractivity contribution in [2.24, 2.45) is 5.73 Å². The quantitative estimate of drug-likeness (QED) is 0.443. The van der Waals surface area contributed by atoms with Crippen LogP contribution in [0.2, 0.25) is 5.15 Å². The van der Waals surface area contributed by atoms with Crippen LogP contribution in [0.15, 0.2) is 32.5 Å². The van der Waals surface area contributed by atoms with E-state index in [2.05, 4.69) is 26.2 Å². The minimum Gasteiger partial charge on any atom is -0.456 e. The summed E-state index contributed by atoms with van der Waals surface area (Å²) in [6, 6.07) is 5.28. The van der Waals surface area contributed by atoms with Crippen molar-refractivity contribution in [3.63, 3.8) is 0 Å². The van der Waals surface area contributed by atoms with Crippen molar-refractivity contribution in [2.45, 2.75) is 43.7 Å². The van der Waals surface area contributed by atoms with Gasteiger partial charge in [-0.3, -0.25) is 0 Å². The summed E-state index contributed by atoms with van der Waals surface area (Å²) in [5.41, 5.74) is 7.80. The topological polar surface area (TPSA) is 64.1 Å². The van der Waals surface area contributed by atoms with Gasteiger partial charge in [-0.15, -0.1) is 11.3 Å². The van der Waals surface area contributed by atoms with Crippen molar-refractivity contribution in [1.29, 1.82) is 0 Å². The fourth-order valence-corrected chi connectivity index (χ4v) is 4.91. The van der Waals surface area contributed by atoms with Crippen LogP contribution < -0.4 is 11.1 Å². The van der Waals surface area contributed by atoms with E-state index in [0.717, 1.165) is 4.88 Å². The molecule has 2 atom stereocenters. The highest BCUT2D eigenvalue weighted by atomic mass is 79.9. The Morgan fingerprint density at radius 1 is 1.48 bits per heavy atom. The second-order valence-corrected chi connectivity index (χ2v) is 8.97. The largest absolute Gasteiger partial charge is 0.456 e. The maximum absolute atomic E-state index is 14.0. The Morgan fingerprint density at radius 2 is 2.30 bits per heavy atom. The smallest absolute Gasteiger partial charge is 0.249 e. The van der Waals surface area contributed by atoms with Gasteiger partial charge in [-0.25, -0.2) is 13.8 Å². The third kappa shape index (κ3) is 3.85. The molecule has 1 saturated carbocycles. The lowest BCUT2D eigenvalue weighted by molar-refractivity contribution is -0.0474. The molecule has 144 valence electrons. The Hall–Kier alpha value is -1.22. The van der Waals surface area contributed by atoms with Crippen molar-refractivity contribution in [3.05, 3.63) is 43.8 Å². The van der Waals surface area contributed by atoms with Crippen molar-refractivity contribution in [2.75, 3.05) is 5.32 Å². The summed E-state index contributed by atoms with van der Waals surface area (Å²) >= 11 is 11.3. The number of thiophene rings is 1. The summed E-state index contributed by atoms with van der Waals surface area (Å²) in [4.78, 5) is 5.47. The van der Waals surface area contributed by atoms with Gasteiger partial charge in [0.05, 0.1) is 10.2 Å². The van der Waals surface area contributed by atoms with E-state index in [9.17, 15) is 8.78 Å². The van der Waals surface area contributed by atoms with E-state index in [4.69, 9.17) is 21.8 Å². The number of nitrogens with two attached hydrogens (primary N) is 1. The fraction of sp³-hybridized carbons (Fsp3) is 0.389. The first kappa shape index (κ1) is 19.1. The zero-order chi connectivity index (χ0) is 19.2. The number of furan rings is 1. The van der Waals surface area contributed by atoms with Gasteiger partial charge < -0.3 is 15.5 Å². The Morgan fingerprint density at radius 3 is 3.04 bits per heavy atom. The summed E-state index contributed by atoms with van der Waals surface area (Å²) in [6.45, 7) is 0.599. The average molecular weight is 477 g/mol. The highest BCUT2D eigenvalue weighted by Crippen LogP contribution is 2.46. The van der Waals surface area contributed by atoms with Crippen LogP contribution in [0.5, 0.6) is 0 Å². The maximum Gasteiger partial charge on any atom is 0.249 e. The zero-order valence-electron chi connectivity index (χ0n) is 14.1. The summed E-state index contributed by atoms with van der Waals surface area (Å²) in [5, 5.41) is 5.59. The summed E-state index contributed by atoms with van der Waals surface area (Å²) in [6.07, 6.45) is -0.280. The van der Waals surface area contributed by atoms with Gasteiger partial charge in [0.25, 0.3) is 0 Å². The number of halogens is 4. The third-order valence-electron chi connectivity index (χ3n) is 4.83. The summed E-state index contributed by atoms with van der Waals surface area (Å²) in [7, 11) is 0. The lowest BCUT2D eigenvalue weighted by Crippen LogP contribution is -2.39. The van der Waals surface area contributed by atoms with Gasteiger partial charge in [0, 0.05) is 42.3 Å². The lowest BCUT2D eigenvalue weighted by Gasteiger charge is -2.32. The second-order valence-electron chi connectivity index (χ2n) is 6.75. The molecular formula is C18H17BrClF2N3OS. The third-order valence-corrected chi connectivity index (χ3v) is 6.66. The Bertz CT molecular complexity index is 963. The molecule has 3 aromatic heterocycles. The molecule has 0 spiro atoms. The van der Waals surface area contributed by atoms with Gasteiger partial charge in [-0.2, -0.15) is 0 Å². The molecule has 4 rings (SSSR count). The molecule has 4 nitrogen and oxygen atoms in total. The molecule has 3 heterocycles. The molecule has 1 fully saturated rings. The fourth-order valence-electron chi connectivity index (χ4n) is 3.43. The number of nitrogens with zero attached hydrogens (tertiary/aromatic N) is 1. The SMILES string of the molecule is N[C@H]1CCC(F)(F)C[C@@H]1c1oc2c(NCc3cccs3)cc(Cl)nc2c1Br. The molecule has 0 unspecified atom stereocenters. The molecule has 0 aliphatic heterocycles. The molecule has 1 aliphatic carbocycles. The van der Waals surface area contributed by atoms with E-state index < -0.39 is 11.8 Å². The van der Waals surface area contributed by atoms with Crippen LogP contribution in [-0.4, -0.2) is 16.9 Å². The number of hydrogen-bond donors (Lipinski definition) is 2. The van der Waals surface area contributed by atoms with E-state index in [0.29, 0.717) is 38.7 Å².